The van der Waals surface area contributed by atoms with E-state index in [0.29, 0.717) is 19.4 Å². The maximum Gasteiger partial charge on any atom is 0.471 e. The highest BCUT2D eigenvalue weighted by Crippen LogP contribution is 2.32. The molecule has 2 unspecified atom stereocenters. The van der Waals surface area contributed by atoms with Crippen molar-refractivity contribution in [3.8, 4) is 0 Å². The second kappa shape index (κ2) is 8.58. The fraction of sp³-hybridized carbons (Fsp3) is 0.875. The normalized spacial score (nSPS) is 28.2. The van der Waals surface area contributed by atoms with E-state index in [1.165, 1.54) is 0 Å². The molecular weight excluding hydrogens is 359 g/mol. The summed E-state index contributed by atoms with van der Waals surface area (Å²) in [6.07, 6.45) is -0.265. The van der Waals surface area contributed by atoms with Crippen LogP contribution in [0.25, 0.3) is 0 Å². The average molecular weight is 386 g/mol. The van der Waals surface area contributed by atoms with Gasteiger partial charge in [-0.1, -0.05) is 12.8 Å². The Bertz CT molecular complexity index is 478. The summed E-state index contributed by atoms with van der Waals surface area (Å²) in [5, 5.41) is 2.91. The van der Waals surface area contributed by atoms with Crippen LogP contribution in [0.1, 0.15) is 45.4 Å². The Morgan fingerprint density at radius 1 is 1.20 bits per heavy atom. The number of rotatable bonds is 3. The molecule has 2 amide bonds. The molecule has 2 aliphatic rings. The van der Waals surface area contributed by atoms with Gasteiger partial charge in [-0.05, 0) is 38.5 Å². The lowest BCUT2D eigenvalue weighted by molar-refractivity contribution is -0.186. The number of halogens is 4. The van der Waals surface area contributed by atoms with E-state index < -0.39 is 17.6 Å². The molecule has 9 heteroatoms. The van der Waals surface area contributed by atoms with Gasteiger partial charge in [0.15, 0.2) is 0 Å². The summed E-state index contributed by atoms with van der Waals surface area (Å²) in [5.41, 5.74) is 5.72. The van der Waals surface area contributed by atoms with Crippen molar-refractivity contribution in [1.29, 1.82) is 0 Å². The molecule has 1 aliphatic heterocycles. The standard InChI is InChI=1S/C16H26F3N3O2.ClH/c1-15(20)7-3-2-4-12(15)13(23)21-10-11-5-8-22(9-6-11)14(24)16(17,18)19;/h11-12H,2-10,20H2,1H3,(H,21,23);1H. The molecule has 146 valence electrons. The maximum atomic E-state index is 12.4. The highest BCUT2D eigenvalue weighted by molar-refractivity contribution is 5.85. The molecule has 1 aliphatic carbocycles. The van der Waals surface area contributed by atoms with Crippen LogP contribution in [0, 0.1) is 11.8 Å². The molecule has 0 aromatic carbocycles. The molecule has 2 rings (SSSR count). The lowest BCUT2D eigenvalue weighted by atomic mass is 9.74. The van der Waals surface area contributed by atoms with E-state index in [-0.39, 0.29) is 43.2 Å². The number of nitrogens with zero attached hydrogens (tertiary/aromatic N) is 1. The molecule has 1 saturated heterocycles. The molecule has 2 atom stereocenters. The number of nitrogens with two attached hydrogens (primary N) is 1. The number of carbonyl (C=O) groups excluding carboxylic acids is 2. The zero-order valence-electron chi connectivity index (χ0n) is 14.4. The van der Waals surface area contributed by atoms with Gasteiger partial charge in [0.25, 0.3) is 0 Å². The van der Waals surface area contributed by atoms with E-state index in [1.54, 1.807) is 0 Å². The smallest absolute Gasteiger partial charge is 0.356 e. The minimum Gasteiger partial charge on any atom is -0.356 e. The first-order chi connectivity index (χ1) is 11.1. The van der Waals surface area contributed by atoms with Gasteiger partial charge in [-0.15, -0.1) is 12.4 Å². The van der Waals surface area contributed by atoms with Gasteiger partial charge in [-0.3, -0.25) is 9.59 Å². The SMILES string of the molecule is CC1(N)CCCCC1C(=O)NCC1CCN(C(=O)C(F)(F)F)CC1.Cl. The second-order valence-electron chi connectivity index (χ2n) is 7.28. The van der Waals surface area contributed by atoms with Gasteiger partial charge in [0.05, 0.1) is 5.92 Å². The van der Waals surface area contributed by atoms with Gasteiger partial charge in [0.2, 0.25) is 5.91 Å². The fourth-order valence-corrected chi connectivity index (χ4v) is 3.68. The highest BCUT2D eigenvalue weighted by Gasteiger charge is 2.43. The van der Waals surface area contributed by atoms with Crippen molar-refractivity contribution < 1.29 is 22.8 Å². The van der Waals surface area contributed by atoms with Crippen molar-refractivity contribution in [3.63, 3.8) is 0 Å². The molecule has 25 heavy (non-hydrogen) atoms. The summed E-state index contributed by atoms with van der Waals surface area (Å²) < 4.78 is 37.2. The molecular formula is C16H27ClF3N3O2. The summed E-state index contributed by atoms with van der Waals surface area (Å²) in [6.45, 7) is 2.49. The van der Waals surface area contributed by atoms with Crippen LogP contribution in [-0.2, 0) is 9.59 Å². The summed E-state index contributed by atoms with van der Waals surface area (Å²) in [5.74, 6) is -1.95. The Morgan fingerprint density at radius 2 is 1.80 bits per heavy atom. The van der Waals surface area contributed by atoms with Crippen molar-refractivity contribution in [2.45, 2.75) is 57.2 Å². The second-order valence-corrected chi connectivity index (χ2v) is 7.28. The summed E-state index contributed by atoms with van der Waals surface area (Å²) in [4.78, 5) is 24.4. The topological polar surface area (TPSA) is 75.4 Å². The first kappa shape index (κ1) is 22.0. The molecule has 3 N–H and O–H groups in total. The van der Waals surface area contributed by atoms with Crippen molar-refractivity contribution in [1.82, 2.24) is 10.2 Å². The number of carbonyl (C=O) groups is 2. The van der Waals surface area contributed by atoms with Crippen LogP contribution in [0.15, 0.2) is 0 Å². The fourth-order valence-electron chi connectivity index (χ4n) is 3.68. The van der Waals surface area contributed by atoms with Crippen molar-refractivity contribution in [2.75, 3.05) is 19.6 Å². The minimum absolute atomic E-state index is 0. The predicted octanol–water partition coefficient (Wildman–Crippen LogP) is 2.23. The minimum atomic E-state index is -4.81. The van der Waals surface area contributed by atoms with E-state index >= 15 is 0 Å². The Morgan fingerprint density at radius 3 is 2.32 bits per heavy atom. The average Bonchev–Trinajstić information content (AvgIpc) is 2.51. The molecule has 1 saturated carbocycles. The molecule has 5 nitrogen and oxygen atoms in total. The summed E-state index contributed by atoms with van der Waals surface area (Å²) in [7, 11) is 0. The third kappa shape index (κ3) is 5.74. The van der Waals surface area contributed by atoms with Crippen LogP contribution < -0.4 is 11.1 Å². The number of amides is 2. The first-order valence-corrected chi connectivity index (χ1v) is 8.54. The molecule has 2 fully saturated rings. The van der Waals surface area contributed by atoms with Crippen LogP contribution >= 0.6 is 12.4 Å². The largest absolute Gasteiger partial charge is 0.471 e. The number of alkyl halides is 3. The third-order valence-electron chi connectivity index (χ3n) is 5.28. The summed E-state index contributed by atoms with van der Waals surface area (Å²) >= 11 is 0. The van der Waals surface area contributed by atoms with Crippen LogP contribution in [0.2, 0.25) is 0 Å². The molecule has 0 aromatic heterocycles. The van der Waals surface area contributed by atoms with E-state index in [4.69, 9.17) is 5.73 Å². The highest BCUT2D eigenvalue weighted by atomic mass is 35.5. The van der Waals surface area contributed by atoms with Crippen molar-refractivity contribution in [3.05, 3.63) is 0 Å². The number of hydrogen-bond acceptors (Lipinski definition) is 3. The van der Waals surface area contributed by atoms with Gasteiger partial charge in [-0.2, -0.15) is 13.2 Å². The monoisotopic (exact) mass is 385 g/mol. The van der Waals surface area contributed by atoms with Crippen LogP contribution in [0.5, 0.6) is 0 Å². The number of piperidine rings is 1. The molecule has 0 aromatic rings. The number of hydrogen-bond donors (Lipinski definition) is 2. The van der Waals surface area contributed by atoms with Gasteiger partial charge in [0.1, 0.15) is 0 Å². The zero-order valence-corrected chi connectivity index (χ0v) is 15.2. The molecule has 0 bridgehead atoms. The van der Waals surface area contributed by atoms with Crippen molar-refractivity contribution in [2.24, 2.45) is 17.6 Å². The maximum absolute atomic E-state index is 12.4. The van der Waals surface area contributed by atoms with E-state index in [1.807, 2.05) is 6.92 Å². The molecule has 1 heterocycles. The quantitative estimate of drug-likeness (QED) is 0.782. The number of nitrogens with one attached hydrogen (secondary N) is 1. The van der Waals surface area contributed by atoms with E-state index in [9.17, 15) is 22.8 Å². The van der Waals surface area contributed by atoms with Crippen LogP contribution in [-0.4, -0.2) is 48.1 Å². The zero-order chi connectivity index (χ0) is 18.0. The summed E-state index contributed by atoms with van der Waals surface area (Å²) in [6, 6.07) is 0. The van der Waals surface area contributed by atoms with Crippen molar-refractivity contribution >= 4 is 24.2 Å². The van der Waals surface area contributed by atoms with Gasteiger partial charge in [-0.25, -0.2) is 0 Å². The van der Waals surface area contributed by atoms with Gasteiger partial charge < -0.3 is 16.0 Å². The number of likely N-dealkylation sites (tertiary alicyclic amines) is 1. The van der Waals surface area contributed by atoms with Crippen LogP contribution in [0.3, 0.4) is 0 Å². The van der Waals surface area contributed by atoms with Crippen LogP contribution in [0.4, 0.5) is 13.2 Å². The molecule has 0 spiro atoms. The Hall–Kier alpha value is -1.02. The Labute approximate surface area is 152 Å². The van der Waals surface area contributed by atoms with E-state index in [0.717, 1.165) is 30.6 Å². The van der Waals surface area contributed by atoms with Gasteiger partial charge in [0, 0.05) is 25.2 Å². The van der Waals surface area contributed by atoms with E-state index in [2.05, 4.69) is 5.32 Å². The third-order valence-corrected chi connectivity index (χ3v) is 5.28. The van der Waals surface area contributed by atoms with Gasteiger partial charge >= 0.3 is 12.1 Å². The Balaban J connectivity index is 0.00000312. The lowest BCUT2D eigenvalue weighted by Gasteiger charge is -2.38. The predicted molar refractivity (Wildman–Crippen MR) is 90.2 cm³/mol. The molecule has 0 radical (unpaired) electrons. The Kier molecular flexibility index (Phi) is 7.55. The lowest BCUT2D eigenvalue weighted by Crippen LogP contribution is -2.53. The first-order valence-electron chi connectivity index (χ1n) is 8.54.